The molecule has 0 aromatic heterocycles. The summed E-state index contributed by atoms with van der Waals surface area (Å²) in [6.45, 7) is 5.03. The van der Waals surface area contributed by atoms with E-state index in [0.29, 0.717) is 18.0 Å². The Kier molecular flexibility index (Phi) is 4.41. The lowest BCUT2D eigenvalue weighted by Gasteiger charge is -2.10. The number of nitrogens with two attached hydrogens (primary N) is 1. The quantitative estimate of drug-likeness (QED) is 0.871. The maximum atomic E-state index is 11.1. The average molecular weight is 268 g/mol. The highest BCUT2D eigenvalue weighted by Gasteiger charge is 2.02. The Morgan fingerprint density at radius 2 is 1.85 bits per heavy atom. The van der Waals surface area contributed by atoms with Gasteiger partial charge in [-0.25, -0.2) is 0 Å². The molecule has 0 unspecified atom stereocenters. The lowest BCUT2D eigenvalue weighted by Crippen LogP contribution is -2.11. The number of carbonyl (C=O) groups is 1. The van der Waals surface area contributed by atoms with Gasteiger partial charge in [-0.2, -0.15) is 0 Å². The first kappa shape index (κ1) is 14.1. The van der Waals surface area contributed by atoms with Crippen LogP contribution in [0.4, 0.5) is 5.69 Å². The third-order valence-corrected chi connectivity index (χ3v) is 3.29. The molecule has 0 aliphatic rings. The van der Waals surface area contributed by atoms with E-state index in [9.17, 15) is 4.79 Å². The van der Waals surface area contributed by atoms with Crippen LogP contribution < -0.4 is 11.1 Å². The number of nitrogens with one attached hydrogen (secondary N) is 1. The molecule has 2 aromatic carbocycles. The summed E-state index contributed by atoms with van der Waals surface area (Å²) in [7, 11) is 0. The van der Waals surface area contributed by atoms with Gasteiger partial charge in [0.15, 0.2) is 0 Å². The van der Waals surface area contributed by atoms with E-state index in [-0.39, 0.29) is 0 Å². The smallest absolute Gasteiger partial charge is 0.248 e. The highest BCUT2D eigenvalue weighted by atomic mass is 16.1. The fourth-order valence-corrected chi connectivity index (χ4v) is 2.02. The molecule has 104 valence electrons. The van der Waals surface area contributed by atoms with Crippen LogP contribution >= 0.6 is 0 Å². The molecule has 0 saturated heterocycles. The highest BCUT2D eigenvalue weighted by Crippen LogP contribution is 2.17. The number of hydrogen-bond donors (Lipinski definition) is 2. The van der Waals surface area contributed by atoms with E-state index in [1.807, 2.05) is 18.2 Å². The van der Waals surface area contributed by atoms with Crippen LogP contribution in [0.15, 0.2) is 48.5 Å². The molecular weight excluding hydrogens is 248 g/mol. The monoisotopic (exact) mass is 268 g/mol. The maximum Gasteiger partial charge on any atom is 0.248 e. The van der Waals surface area contributed by atoms with Gasteiger partial charge in [-0.3, -0.25) is 4.79 Å². The Hall–Kier alpha value is -2.29. The van der Waals surface area contributed by atoms with Gasteiger partial charge in [-0.1, -0.05) is 38.1 Å². The summed E-state index contributed by atoms with van der Waals surface area (Å²) in [6.07, 6.45) is 0. The van der Waals surface area contributed by atoms with Crippen molar-refractivity contribution >= 4 is 11.6 Å². The zero-order valence-electron chi connectivity index (χ0n) is 11.9. The molecule has 20 heavy (non-hydrogen) atoms. The predicted molar refractivity (Wildman–Crippen MR) is 82.8 cm³/mol. The normalized spacial score (nSPS) is 10.6. The van der Waals surface area contributed by atoms with Crippen LogP contribution in [0, 0.1) is 0 Å². The molecule has 3 heteroatoms. The standard InChI is InChI=1S/C17H20N2O/c1-12(2)14-6-8-16(9-7-14)19-11-13-4-3-5-15(10-13)17(18)20/h3-10,12,19H,11H2,1-2H3,(H2,18,20). The molecular formula is C17H20N2O. The third kappa shape index (κ3) is 3.60. The van der Waals surface area contributed by atoms with Gasteiger partial charge in [0.2, 0.25) is 5.91 Å². The minimum absolute atomic E-state index is 0.395. The van der Waals surface area contributed by atoms with Crippen molar-refractivity contribution in [2.45, 2.75) is 26.3 Å². The molecule has 0 bridgehead atoms. The molecule has 2 rings (SSSR count). The van der Waals surface area contributed by atoms with E-state index in [1.165, 1.54) is 5.56 Å². The maximum absolute atomic E-state index is 11.1. The Labute approximate surface area is 119 Å². The zero-order valence-corrected chi connectivity index (χ0v) is 11.9. The van der Waals surface area contributed by atoms with E-state index in [4.69, 9.17) is 5.73 Å². The zero-order chi connectivity index (χ0) is 14.5. The van der Waals surface area contributed by atoms with Crippen molar-refractivity contribution in [1.29, 1.82) is 0 Å². The number of amides is 1. The number of primary amides is 1. The lowest BCUT2D eigenvalue weighted by atomic mass is 10.0. The van der Waals surface area contributed by atoms with Crippen LogP contribution in [0.2, 0.25) is 0 Å². The van der Waals surface area contributed by atoms with E-state index in [1.54, 1.807) is 6.07 Å². The molecule has 0 fully saturated rings. The van der Waals surface area contributed by atoms with Crippen LogP contribution in [-0.4, -0.2) is 5.91 Å². The first-order valence-corrected chi connectivity index (χ1v) is 6.79. The summed E-state index contributed by atoms with van der Waals surface area (Å²) < 4.78 is 0. The molecule has 3 N–H and O–H groups in total. The van der Waals surface area contributed by atoms with Crippen molar-refractivity contribution in [2.24, 2.45) is 5.73 Å². The molecule has 1 amide bonds. The molecule has 3 nitrogen and oxygen atoms in total. The Balaban J connectivity index is 2.01. The molecule has 0 aliphatic carbocycles. The van der Waals surface area contributed by atoms with Crippen LogP contribution in [0.5, 0.6) is 0 Å². The summed E-state index contributed by atoms with van der Waals surface area (Å²) in [5.41, 5.74) is 9.25. The van der Waals surface area contributed by atoms with Gasteiger partial charge in [0.1, 0.15) is 0 Å². The summed E-state index contributed by atoms with van der Waals surface area (Å²) in [4.78, 5) is 11.1. The summed E-state index contributed by atoms with van der Waals surface area (Å²) in [6, 6.07) is 15.8. The predicted octanol–water partition coefficient (Wildman–Crippen LogP) is 3.52. The van der Waals surface area contributed by atoms with Gasteiger partial charge in [0.05, 0.1) is 0 Å². The van der Waals surface area contributed by atoms with Crippen molar-refractivity contribution in [3.8, 4) is 0 Å². The van der Waals surface area contributed by atoms with Crippen molar-refractivity contribution in [1.82, 2.24) is 0 Å². The topological polar surface area (TPSA) is 55.1 Å². The van der Waals surface area contributed by atoms with Gasteiger partial charge in [-0.05, 0) is 41.3 Å². The lowest BCUT2D eigenvalue weighted by molar-refractivity contribution is 0.1000. The number of carbonyl (C=O) groups excluding carboxylic acids is 1. The highest BCUT2D eigenvalue weighted by molar-refractivity contribution is 5.92. The Morgan fingerprint density at radius 1 is 1.15 bits per heavy atom. The summed E-state index contributed by atoms with van der Waals surface area (Å²) in [5.74, 6) is 0.143. The van der Waals surface area contributed by atoms with E-state index in [0.717, 1.165) is 11.3 Å². The largest absolute Gasteiger partial charge is 0.381 e. The number of anilines is 1. The SMILES string of the molecule is CC(C)c1ccc(NCc2cccc(C(N)=O)c2)cc1. The molecule has 0 radical (unpaired) electrons. The fraction of sp³-hybridized carbons (Fsp3) is 0.235. The first-order valence-electron chi connectivity index (χ1n) is 6.79. The van der Waals surface area contributed by atoms with Gasteiger partial charge in [-0.15, -0.1) is 0 Å². The average Bonchev–Trinajstić information content (AvgIpc) is 2.46. The first-order chi connectivity index (χ1) is 9.56. The van der Waals surface area contributed by atoms with E-state index >= 15 is 0 Å². The van der Waals surface area contributed by atoms with Crippen LogP contribution in [0.1, 0.15) is 41.3 Å². The van der Waals surface area contributed by atoms with Crippen molar-refractivity contribution < 1.29 is 4.79 Å². The Morgan fingerprint density at radius 3 is 2.45 bits per heavy atom. The second-order valence-electron chi connectivity index (χ2n) is 5.19. The van der Waals surface area contributed by atoms with Gasteiger partial charge >= 0.3 is 0 Å². The third-order valence-electron chi connectivity index (χ3n) is 3.29. The molecule has 0 spiro atoms. The number of rotatable bonds is 5. The van der Waals surface area contributed by atoms with Gasteiger partial charge < -0.3 is 11.1 Å². The van der Waals surface area contributed by atoms with E-state index < -0.39 is 5.91 Å². The van der Waals surface area contributed by atoms with Gasteiger partial charge in [0.25, 0.3) is 0 Å². The van der Waals surface area contributed by atoms with Crippen molar-refractivity contribution in [3.05, 3.63) is 65.2 Å². The molecule has 0 aliphatic heterocycles. The minimum Gasteiger partial charge on any atom is -0.381 e. The fourth-order valence-electron chi connectivity index (χ4n) is 2.02. The molecule has 0 atom stereocenters. The second-order valence-corrected chi connectivity index (χ2v) is 5.19. The van der Waals surface area contributed by atoms with Crippen molar-refractivity contribution in [2.75, 3.05) is 5.32 Å². The van der Waals surface area contributed by atoms with Crippen LogP contribution in [0.3, 0.4) is 0 Å². The van der Waals surface area contributed by atoms with Crippen molar-refractivity contribution in [3.63, 3.8) is 0 Å². The number of hydrogen-bond acceptors (Lipinski definition) is 2. The van der Waals surface area contributed by atoms with Crippen LogP contribution in [-0.2, 0) is 6.54 Å². The summed E-state index contributed by atoms with van der Waals surface area (Å²) >= 11 is 0. The Bertz CT molecular complexity index is 588. The van der Waals surface area contributed by atoms with E-state index in [2.05, 4.69) is 43.4 Å². The molecule has 2 aromatic rings. The minimum atomic E-state index is -0.395. The molecule has 0 heterocycles. The second kappa shape index (κ2) is 6.24. The summed E-state index contributed by atoms with van der Waals surface area (Å²) in [5, 5.41) is 3.34. The number of benzene rings is 2. The van der Waals surface area contributed by atoms with Gasteiger partial charge in [0, 0.05) is 17.8 Å². The van der Waals surface area contributed by atoms with Crippen LogP contribution in [0.25, 0.3) is 0 Å². The molecule has 0 saturated carbocycles.